The second kappa shape index (κ2) is 1.95. The van der Waals surface area contributed by atoms with E-state index in [0.717, 1.165) is 4.48 Å². The van der Waals surface area contributed by atoms with Gasteiger partial charge in [0.1, 0.15) is 6.20 Å². The lowest BCUT2D eigenvalue weighted by atomic mass is 10.3. The molecule has 1 atom stereocenters. The van der Waals surface area contributed by atoms with E-state index in [0.29, 0.717) is 6.04 Å². The smallest absolute Gasteiger partial charge is 0.194 e. The Labute approximate surface area is 56.1 Å². The van der Waals surface area contributed by atoms with E-state index in [4.69, 9.17) is 0 Å². The maximum atomic E-state index is 4.02. The van der Waals surface area contributed by atoms with Gasteiger partial charge in [-0.15, -0.1) is 0 Å². The normalized spacial score (nSPS) is 32.4. The molecule has 50 valence electrons. The highest BCUT2D eigenvalue weighted by Crippen LogP contribution is 2.11. The van der Waals surface area contributed by atoms with E-state index in [1.807, 2.05) is 12.5 Å². The average molecular weight is 125 g/mol. The van der Waals surface area contributed by atoms with Crippen LogP contribution in [0.1, 0.15) is 13.8 Å². The zero-order valence-corrected chi connectivity index (χ0v) is 6.20. The van der Waals surface area contributed by atoms with Crippen LogP contribution >= 0.6 is 0 Å². The SMILES string of the molecule is CC(C)[N+]1(C)C=CN=C1. The number of aliphatic imine (C=N–C) groups is 1. The molecule has 1 rings (SSSR count). The van der Waals surface area contributed by atoms with Crippen LogP contribution in [-0.4, -0.2) is 23.9 Å². The molecule has 0 amide bonds. The number of hydrogen-bond donors (Lipinski definition) is 0. The van der Waals surface area contributed by atoms with Crippen LogP contribution in [0.15, 0.2) is 17.4 Å². The Morgan fingerprint density at radius 3 is 2.33 bits per heavy atom. The molecule has 0 spiro atoms. The summed E-state index contributed by atoms with van der Waals surface area (Å²) >= 11 is 0. The van der Waals surface area contributed by atoms with E-state index in [1.165, 1.54) is 0 Å². The third kappa shape index (κ3) is 1.03. The van der Waals surface area contributed by atoms with Crippen LogP contribution in [0.5, 0.6) is 0 Å². The van der Waals surface area contributed by atoms with Gasteiger partial charge in [0.05, 0.1) is 19.3 Å². The number of rotatable bonds is 1. The molecular formula is C7H13N2+. The Balaban J connectivity index is 2.75. The van der Waals surface area contributed by atoms with Gasteiger partial charge in [0.15, 0.2) is 6.34 Å². The summed E-state index contributed by atoms with van der Waals surface area (Å²) in [4.78, 5) is 4.02. The summed E-state index contributed by atoms with van der Waals surface area (Å²) in [5, 5.41) is 0. The molecule has 0 radical (unpaired) electrons. The Morgan fingerprint density at radius 1 is 1.44 bits per heavy atom. The fourth-order valence-electron chi connectivity index (χ4n) is 0.708. The second-order valence-electron chi connectivity index (χ2n) is 2.88. The minimum Gasteiger partial charge on any atom is -0.254 e. The van der Waals surface area contributed by atoms with Crippen LogP contribution in [-0.2, 0) is 0 Å². The third-order valence-electron chi connectivity index (χ3n) is 1.90. The molecule has 1 aliphatic heterocycles. The van der Waals surface area contributed by atoms with Crippen molar-refractivity contribution in [2.75, 3.05) is 7.05 Å². The van der Waals surface area contributed by atoms with Gasteiger partial charge in [0, 0.05) is 0 Å². The zero-order chi connectivity index (χ0) is 6.91. The summed E-state index contributed by atoms with van der Waals surface area (Å²) < 4.78 is 0.833. The first kappa shape index (κ1) is 6.49. The van der Waals surface area contributed by atoms with Crippen molar-refractivity contribution in [3.05, 3.63) is 12.4 Å². The summed E-state index contributed by atoms with van der Waals surface area (Å²) in [5.41, 5.74) is 0. The minimum absolute atomic E-state index is 0.590. The molecule has 1 unspecified atom stereocenters. The largest absolute Gasteiger partial charge is 0.254 e. The Bertz CT molecular complexity index is 144. The highest BCUT2D eigenvalue weighted by molar-refractivity contribution is 5.50. The van der Waals surface area contributed by atoms with E-state index < -0.39 is 0 Å². The monoisotopic (exact) mass is 125 g/mol. The molecule has 0 aliphatic carbocycles. The molecule has 9 heavy (non-hydrogen) atoms. The fraction of sp³-hybridized carbons (Fsp3) is 0.571. The van der Waals surface area contributed by atoms with Gasteiger partial charge in [-0.2, -0.15) is 0 Å². The van der Waals surface area contributed by atoms with E-state index in [9.17, 15) is 0 Å². The maximum Gasteiger partial charge on any atom is 0.194 e. The molecule has 1 aliphatic rings. The molecule has 0 aromatic carbocycles. The van der Waals surface area contributed by atoms with Crippen molar-refractivity contribution in [1.29, 1.82) is 0 Å². The minimum atomic E-state index is 0.590. The fourth-order valence-corrected chi connectivity index (χ4v) is 0.708. The predicted molar refractivity (Wildman–Crippen MR) is 39.0 cm³/mol. The van der Waals surface area contributed by atoms with Crippen molar-refractivity contribution in [1.82, 2.24) is 0 Å². The summed E-state index contributed by atoms with van der Waals surface area (Å²) in [6.07, 6.45) is 5.88. The van der Waals surface area contributed by atoms with Gasteiger partial charge in [-0.1, -0.05) is 0 Å². The molecule has 0 aromatic heterocycles. The first-order chi connectivity index (χ1) is 4.15. The van der Waals surface area contributed by atoms with Crippen LogP contribution in [0.4, 0.5) is 0 Å². The van der Waals surface area contributed by atoms with Crippen molar-refractivity contribution >= 4 is 6.34 Å². The maximum absolute atomic E-state index is 4.02. The van der Waals surface area contributed by atoms with Crippen LogP contribution < -0.4 is 0 Å². The van der Waals surface area contributed by atoms with Gasteiger partial charge in [-0.05, 0) is 13.8 Å². The molecule has 0 N–H and O–H groups in total. The predicted octanol–water partition coefficient (Wildman–Crippen LogP) is 1.35. The average Bonchev–Trinajstić information content (AvgIpc) is 2.16. The highest BCUT2D eigenvalue weighted by Gasteiger charge is 2.23. The van der Waals surface area contributed by atoms with Crippen LogP contribution in [0.2, 0.25) is 0 Å². The molecule has 0 bridgehead atoms. The van der Waals surface area contributed by atoms with E-state index in [1.54, 1.807) is 0 Å². The van der Waals surface area contributed by atoms with Gasteiger partial charge in [0.25, 0.3) is 0 Å². The van der Waals surface area contributed by atoms with Crippen LogP contribution in [0.3, 0.4) is 0 Å². The van der Waals surface area contributed by atoms with Crippen molar-refractivity contribution in [3.8, 4) is 0 Å². The summed E-state index contributed by atoms with van der Waals surface area (Å²) in [7, 11) is 2.14. The van der Waals surface area contributed by atoms with Gasteiger partial charge < -0.3 is 0 Å². The Kier molecular flexibility index (Phi) is 1.41. The number of hydrogen-bond acceptors (Lipinski definition) is 1. The second-order valence-corrected chi connectivity index (χ2v) is 2.88. The molecule has 2 nitrogen and oxygen atoms in total. The van der Waals surface area contributed by atoms with Gasteiger partial charge in [-0.3, -0.25) is 4.48 Å². The van der Waals surface area contributed by atoms with Crippen molar-refractivity contribution < 1.29 is 4.48 Å². The lowest BCUT2D eigenvalue weighted by molar-refractivity contribution is -0.781. The van der Waals surface area contributed by atoms with Crippen molar-refractivity contribution in [2.45, 2.75) is 19.9 Å². The van der Waals surface area contributed by atoms with E-state index in [2.05, 4.69) is 32.1 Å². The molecule has 0 saturated heterocycles. The molecule has 0 fully saturated rings. The summed E-state index contributed by atoms with van der Waals surface area (Å²) in [5.74, 6) is 0. The first-order valence-electron chi connectivity index (χ1n) is 3.23. The molecule has 0 saturated carbocycles. The molecular weight excluding hydrogens is 112 g/mol. The Morgan fingerprint density at radius 2 is 2.11 bits per heavy atom. The van der Waals surface area contributed by atoms with Crippen molar-refractivity contribution in [3.63, 3.8) is 0 Å². The van der Waals surface area contributed by atoms with Gasteiger partial charge in [-0.25, -0.2) is 4.99 Å². The number of quaternary nitrogens is 1. The standard InChI is InChI=1S/C7H13N2/c1-7(2)9(3)5-4-8-6-9/h4-7H,1-3H3/q+1. The van der Waals surface area contributed by atoms with Gasteiger partial charge in [0.2, 0.25) is 0 Å². The summed E-state index contributed by atoms with van der Waals surface area (Å²) in [6, 6.07) is 0.590. The Hall–Kier alpha value is -0.630. The molecule has 2 heteroatoms. The topological polar surface area (TPSA) is 12.4 Å². The van der Waals surface area contributed by atoms with E-state index >= 15 is 0 Å². The molecule has 0 aromatic rings. The number of nitrogens with zero attached hydrogens (tertiary/aromatic N) is 2. The first-order valence-corrected chi connectivity index (χ1v) is 3.23. The summed E-state index contributed by atoms with van der Waals surface area (Å²) in [6.45, 7) is 4.36. The van der Waals surface area contributed by atoms with E-state index in [-0.39, 0.29) is 0 Å². The molecule has 1 heterocycles. The van der Waals surface area contributed by atoms with Crippen LogP contribution in [0, 0.1) is 0 Å². The highest BCUT2D eigenvalue weighted by atomic mass is 15.4. The van der Waals surface area contributed by atoms with Gasteiger partial charge >= 0.3 is 0 Å². The quantitative estimate of drug-likeness (QED) is 0.469. The third-order valence-corrected chi connectivity index (χ3v) is 1.90. The lowest BCUT2D eigenvalue weighted by Crippen LogP contribution is -2.41. The zero-order valence-electron chi connectivity index (χ0n) is 6.20. The van der Waals surface area contributed by atoms with Crippen molar-refractivity contribution in [2.24, 2.45) is 4.99 Å². The lowest BCUT2D eigenvalue weighted by Gasteiger charge is -2.25. The van der Waals surface area contributed by atoms with Crippen LogP contribution in [0.25, 0.3) is 0 Å².